The Hall–Kier alpha value is -1.05. The van der Waals surface area contributed by atoms with Crippen molar-refractivity contribution in [2.45, 2.75) is 4.90 Å². The fourth-order valence-electron chi connectivity index (χ4n) is 1.83. The van der Waals surface area contributed by atoms with Crippen LogP contribution in [0.2, 0.25) is 0 Å². The molecule has 0 N–H and O–H groups in total. The first kappa shape index (κ1) is 14.4. The smallest absolute Gasteiger partial charge is 0.244 e. The zero-order valence-corrected chi connectivity index (χ0v) is 13.0. The lowest BCUT2D eigenvalue weighted by Gasteiger charge is -2.18. The van der Waals surface area contributed by atoms with Crippen molar-refractivity contribution in [3.05, 3.63) is 28.8 Å². The highest BCUT2D eigenvalue weighted by Crippen LogP contribution is 2.36. The van der Waals surface area contributed by atoms with Gasteiger partial charge in [0.25, 0.3) is 0 Å². The minimum Gasteiger partial charge on any atom is -0.493 e. The first-order valence-corrected chi connectivity index (χ1v) is 7.80. The van der Waals surface area contributed by atoms with Crippen LogP contribution in [-0.4, -0.2) is 40.0 Å². The van der Waals surface area contributed by atoms with E-state index in [9.17, 15) is 8.42 Å². The van der Waals surface area contributed by atoms with Gasteiger partial charge in [0, 0.05) is 23.6 Å². The Bertz CT molecular complexity index is 604. The molecule has 0 saturated carbocycles. The first-order chi connectivity index (χ1) is 9.00. The number of rotatable bonds is 4. The van der Waals surface area contributed by atoms with Gasteiger partial charge < -0.3 is 9.47 Å². The third-order valence-corrected chi connectivity index (χ3v) is 5.63. The maximum absolute atomic E-state index is 12.5. The number of methoxy groups -OCH3 is 2. The number of halogens is 1. The van der Waals surface area contributed by atoms with Crippen molar-refractivity contribution in [3.63, 3.8) is 0 Å². The molecule has 0 spiro atoms. The SMILES string of the molecule is COc1cc(Br)c(S(=O)(=O)N2CC=CC2)cc1OC. The van der Waals surface area contributed by atoms with Crippen molar-refractivity contribution in [1.29, 1.82) is 0 Å². The highest BCUT2D eigenvalue weighted by atomic mass is 79.9. The van der Waals surface area contributed by atoms with E-state index in [1.165, 1.54) is 24.6 Å². The number of sulfonamides is 1. The number of nitrogens with zero attached hydrogens (tertiary/aromatic N) is 1. The molecule has 19 heavy (non-hydrogen) atoms. The van der Waals surface area contributed by atoms with Crippen LogP contribution < -0.4 is 9.47 Å². The Morgan fingerprint density at radius 3 is 2.16 bits per heavy atom. The van der Waals surface area contributed by atoms with Gasteiger partial charge in [-0.2, -0.15) is 4.31 Å². The van der Waals surface area contributed by atoms with E-state index in [0.29, 0.717) is 29.1 Å². The molecule has 0 fully saturated rings. The third-order valence-electron chi connectivity index (χ3n) is 2.84. The quantitative estimate of drug-likeness (QED) is 0.782. The van der Waals surface area contributed by atoms with E-state index in [1.54, 1.807) is 6.07 Å². The van der Waals surface area contributed by atoms with Crippen molar-refractivity contribution in [2.75, 3.05) is 27.3 Å². The largest absolute Gasteiger partial charge is 0.493 e. The Labute approximate surface area is 121 Å². The summed E-state index contributed by atoms with van der Waals surface area (Å²) >= 11 is 3.27. The average Bonchev–Trinajstić information content (AvgIpc) is 2.92. The van der Waals surface area contributed by atoms with Gasteiger partial charge in [-0.15, -0.1) is 0 Å². The summed E-state index contributed by atoms with van der Waals surface area (Å²) in [6, 6.07) is 3.06. The molecule has 0 bridgehead atoms. The molecule has 1 heterocycles. The molecule has 1 aromatic rings. The van der Waals surface area contributed by atoms with E-state index in [1.807, 2.05) is 12.2 Å². The zero-order chi connectivity index (χ0) is 14.0. The molecule has 1 aliphatic heterocycles. The van der Waals surface area contributed by atoms with Gasteiger partial charge in [0.1, 0.15) is 4.90 Å². The first-order valence-electron chi connectivity index (χ1n) is 5.57. The lowest BCUT2D eigenvalue weighted by atomic mass is 10.3. The van der Waals surface area contributed by atoms with Gasteiger partial charge in [0.15, 0.2) is 11.5 Å². The van der Waals surface area contributed by atoms with Crippen LogP contribution in [-0.2, 0) is 10.0 Å². The van der Waals surface area contributed by atoms with E-state index in [-0.39, 0.29) is 4.90 Å². The summed E-state index contributed by atoms with van der Waals surface area (Å²) in [6.07, 6.45) is 3.65. The molecule has 104 valence electrons. The lowest BCUT2D eigenvalue weighted by Crippen LogP contribution is -2.28. The summed E-state index contributed by atoms with van der Waals surface area (Å²) in [4.78, 5) is 0.175. The lowest BCUT2D eigenvalue weighted by molar-refractivity contribution is 0.353. The predicted octanol–water partition coefficient (Wildman–Crippen LogP) is 2.03. The second-order valence-corrected chi connectivity index (χ2v) is 6.69. The van der Waals surface area contributed by atoms with Crippen LogP contribution in [0.4, 0.5) is 0 Å². The molecule has 1 aromatic carbocycles. The van der Waals surface area contributed by atoms with Crippen LogP contribution in [0.15, 0.2) is 33.7 Å². The average molecular weight is 348 g/mol. The van der Waals surface area contributed by atoms with Crippen LogP contribution in [0.3, 0.4) is 0 Å². The van der Waals surface area contributed by atoms with Gasteiger partial charge in [-0.1, -0.05) is 12.2 Å². The maximum atomic E-state index is 12.5. The van der Waals surface area contributed by atoms with Gasteiger partial charge in [0.05, 0.1) is 14.2 Å². The van der Waals surface area contributed by atoms with Crippen molar-refractivity contribution < 1.29 is 17.9 Å². The van der Waals surface area contributed by atoms with Crippen molar-refractivity contribution in [3.8, 4) is 11.5 Å². The Morgan fingerprint density at radius 2 is 1.63 bits per heavy atom. The topological polar surface area (TPSA) is 55.8 Å². The molecule has 0 unspecified atom stereocenters. The predicted molar refractivity (Wildman–Crippen MR) is 75.1 cm³/mol. The second-order valence-electron chi connectivity index (χ2n) is 3.93. The number of ether oxygens (including phenoxy) is 2. The Morgan fingerprint density at radius 1 is 1.11 bits per heavy atom. The van der Waals surface area contributed by atoms with Gasteiger partial charge in [-0.3, -0.25) is 0 Å². The highest BCUT2D eigenvalue weighted by Gasteiger charge is 2.28. The summed E-state index contributed by atoms with van der Waals surface area (Å²) in [5, 5.41) is 0. The minimum absolute atomic E-state index is 0.175. The second kappa shape index (κ2) is 5.52. The minimum atomic E-state index is -3.54. The van der Waals surface area contributed by atoms with Gasteiger partial charge in [-0.05, 0) is 22.0 Å². The molecule has 0 aliphatic carbocycles. The molecule has 2 rings (SSSR count). The number of hydrogen-bond donors (Lipinski definition) is 0. The molecule has 0 aromatic heterocycles. The fraction of sp³-hybridized carbons (Fsp3) is 0.333. The van der Waals surface area contributed by atoms with Crippen LogP contribution in [0.25, 0.3) is 0 Å². The third kappa shape index (κ3) is 2.63. The monoisotopic (exact) mass is 347 g/mol. The molecular formula is C12H14BrNO4S. The van der Waals surface area contributed by atoms with Gasteiger partial charge in [0.2, 0.25) is 10.0 Å². The van der Waals surface area contributed by atoms with Crippen LogP contribution in [0, 0.1) is 0 Å². The summed E-state index contributed by atoms with van der Waals surface area (Å²) in [5.74, 6) is 0.865. The summed E-state index contributed by atoms with van der Waals surface area (Å²) in [7, 11) is -0.564. The molecule has 1 aliphatic rings. The standard InChI is InChI=1S/C12H14BrNO4S/c1-17-10-7-9(13)12(8-11(10)18-2)19(15,16)14-5-3-4-6-14/h3-4,7-8H,5-6H2,1-2H3. The van der Waals surface area contributed by atoms with Gasteiger partial charge >= 0.3 is 0 Å². The van der Waals surface area contributed by atoms with Crippen molar-refractivity contribution >= 4 is 26.0 Å². The van der Waals surface area contributed by atoms with Crippen LogP contribution in [0.5, 0.6) is 11.5 Å². The van der Waals surface area contributed by atoms with Crippen molar-refractivity contribution in [1.82, 2.24) is 4.31 Å². The number of hydrogen-bond acceptors (Lipinski definition) is 4. The molecule has 0 amide bonds. The molecular weight excluding hydrogens is 334 g/mol. The highest BCUT2D eigenvalue weighted by molar-refractivity contribution is 9.10. The van der Waals surface area contributed by atoms with Gasteiger partial charge in [-0.25, -0.2) is 8.42 Å². The zero-order valence-electron chi connectivity index (χ0n) is 10.6. The molecule has 7 heteroatoms. The molecule has 0 atom stereocenters. The summed E-state index contributed by atoms with van der Waals surface area (Å²) in [5.41, 5.74) is 0. The fourth-order valence-corrected chi connectivity index (χ4v) is 4.17. The van der Waals surface area contributed by atoms with Crippen LogP contribution in [0.1, 0.15) is 0 Å². The van der Waals surface area contributed by atoms with E-state index in [4.69, 9.17) is 9.47 Å². The Kier molecular flexibility index (Phi) is 4.17. The normalized spacial score (nSPS) is 15.7. The Balaban J connectivity index is 2.50. The summed E-state index contributed by atoms with van der Waals surface area (Å²) in [6.45, 7) is 0.784. The van der Waals surface area contributed by atoms with E-state index in [2.05, 4.69) is 15.9 Å². The van der Waals surface area contributed by atoms with E-state index >= 15 is 0 Å². The molecule has 5 nitrogen and oxygen atoms in total. The molecule has 0 saturated heterocycles. The van der Waals surface area contributed by atoms with Crippen molar-refractivity contribution in [2.24, 2.45) is 0 Å². The summed E-state index contributed by atoms with van der Waals surface area (Å²) < 4.78 is 37.1. The maximum Gasteiger partial charge on any atom is 0.244 e. The van der Waals surface area contributed by atoms with E-state index < -0.39 is 10.0 Å². The van der Waals surface area contributed by atoms with E-state index in [0.717, 1.165) is 0 Å². The number of benzene rings is 1. The van der Waals surface area contributed by atoms with Crippen LogP contribution >= 0.6 is 15.9 Å². The molecule has 0 radical (unpaired) electrons.